The summed E-state index contributed by atoms with van der Waals surface area (Å²) in [4.78, 5) is 48.4. The fourth-order valence-corrected chi connectivity index (χ4v) is 3.09. The number of carbonyl (C=O) groups is 3. The van der Waals surface area contributed by atoms with Gasteiger partial charge < -0.3 is 15.0 Å². The summed E-state index contributed by atoms with van der Waals surface area (Å²) in [5, 5.41) is 16.1. The van der Waals surface area contributed by atoms with Crippen LogP contribution in [0.4, 0.5) is 16.2 Å². The molecule has 164 valence electrons. The van der Waals surface area contributed by atoms with Crippen molar-refractivity contribution in [2.24, 2.45) is 5.92 Å². The number of nitro benzene ring substituents is 1. The lowest BCUT2D eigenvalue weighted by Crippen LogP contribution is -2.42. The number of nitrogens with zero attached hydrogens (tertiary/aromatic N) is 2. The minimum atomic E-state index is -0.876. The zero-order valence-electron chi connectivity index (χ0n) is 17.3. The van der Waals surface area contributed by atoms with Crippen LogP contribution >= 0.6 is 0 Å². The molecule has 2 N–H and O–H groups in total. The number of benzene rings is 1. The van der Waals surface area contributed by atoms with Crippen LogP contribution in [0.25, 0.3) is 0 Å². The van der Waals surface area contributed by atoms with Gasteiger partial charge in [-0.15, -0.1) is 0 Å². The summed E-state index contributed by atoms with van der Waals surface area (Å²) in [5.41, 5.74) is 0.254. The third kappa shape index (κ3) is 7.02. The summed E-state index contributed by atoms with van der Waals surface area (Å²) in [6.07, 6.45) is 3.78. The summed E-state index contributed by atoms with van der Waals surface area (Å²) < 4.78 is 4.89. The molecule has 0 aliphatic carbocycles. The molecule has 0 spiro atoms. The molecule has 2 rings (SSSR count). The highest BCUT2D eigenvalue weighted by Crippen LogP contribution is 2.31. The zero-order valence-corrected chi connectivity index (χ0v) is 17.3. The molecule has 30 heavy (non-hydrogen) atoms. The Kier molecular flexibility index (Phi) is 8.57. The number of hydrogen-bond acceptors (Lipinski definition) is 7. The molecule has 10 heteroatoms. The summed E-state index contributed by atoms with van der Waals surface area (Å²) in [6.45, 7) is 5.22. The standard InChI is InChI=1S/C20H28N4O6/c1-14(2)8-9-21-20(27)22-18(25)13-30-19(26)15-6-7-16(17(12-15)24(28)29)23-10-4-3-5-11-23/h6-7,12,14H,3-5,8-11,13H2,1-2H3,(H2,21,22,25,27). The maximum absolute atomic E-state index is 12.2. The lowest BCUT2D eigenvalue weighted by Gasteiger charge is -2.28. The van der Waals surface area contributed by atoms with Crippen molar-refractivity contribution in [2.45, 2.75) is 39.5 Å². The third-order valence-electron chi connectivity index (χ3n) is 4.70. The molecule has 0 bridgehead atoms. The Morgan fingerprint density at radius 2 is 1.90 bits per heavy atom. The topological polar surface area (TPSA) is 131 Å². The predicted molar refractivity (Wildman–Crippen MR) is 110 cm³/mol. The van der Waals surface area contributed by atoms with Crippen molar-refractivity contribution in [1.82, 2.24) is 10.6 Å². The van der Waals surface area contributed by atoms with E-state index in [1.165, 1.54) is 12.1 Å². The Labute approximate surface area is 175 Å². The number of urea groups is 1. The van der Waals surface area contributed by atoms with Crippen LogP contribution in [-0.4, -0.2) is 49.1 Å². The van der Waals surface area contributed by atoms with Crippen molar-refractivity contribution in [3.8, 4) is 0 Å². The molecular formula is C20H28N4O6. The van der Waals surface area contributed by atoms with Gasteiger partial charge in [-0.25, -0.2) is 9.59 Å². The summed E-state index contributed by atoms with van der Waals surface area (Å²) in [7, 11) is 0. The van der Waals surface area contributed by atoms with Crippen LogP contribution in [0.5, 0.6) is 0 Å². The van der Waals surface area contributed by atoms with Gasteiger partial charge in [-0.05, 0) is 43.7 Å². The van der Waals surface area contributed by atoms with Gasteiger partial charge in [-0.2, -0.15) is 0 Å². The number of amides is 3. The Morgan fingerprint density at radius 1 is 1.20 bits per heavy atom. The molecule has 0 radical (unpaired) electrons. The zero-order chi connectivity index (χ0) is 22.1. The normalized spacial score (nSPS) is 13.6. The van der Waals surface area contributed by atoms with E-state index >= 15 is 0 Å². The second kappa shape index (κ2) is 11.1. The number of hydrogen-bond donors (Lipinski definition) is 2. The van der Waals surface area contributed by atoms with E-state index in [1.807, 2.05) is 18.7 Å². The number of rotatable bonds is 8. The Hall–Kier alpha value is -3.17. The maximum Gasteiger partial charge on any atom is 0.338 e. The highest BCUT2D eigenvalue weighted by Gasteiger charge is 2.24. The van der Waals surface area contributed by atoms with Crippen LogP contribution in [0.2, 0.25) is 0 Å². The number of piperidine rings is 1. The SMILES string of the molecule is CC(C)CCNC(=O)NC(=O)COC(=O)c1ccc(N2CCCCC2)c([N+](=O)[O-])c1. The molecule has 0 saturated carbocycles. The molecule has 1 aromatic carbocycles. The smallest absolute Gasteiger partial charge is 0.338 e. The maximum atomic E-state index is 12.2. The molecule has 1 aliphatic heterocycles. The lowest BCUT2D eigenvalue weighted by molar-refractivity contribution is -0.384. The summed E-state index contributed by atoms with van der Waals surface area (Å²) in [5.74, 6) is -1.25. The highest BCUT2D eigenvalue weighted by atomic mass is 16.6. The number of nitrogens with one attached hydrogen (secondary N) is 2. The number of anilines is 1. The predicted octanol–water partition coefficient (Wildman–Crippen LogP) is 2.61. The van der Waals surface area contributed by atoms with Gasteiger partial charge in [0, 0.05) is 25.7 Å². The monoisotopic (exact) mass is 420 g/mol. The van der Waals surface area contributed by atoms with E-state index in [4.69, 9.17) is 4.74 Å². The molecule has 1 fully saturated rings. The average Bonchev–Trinajstić information content (AvgIpc) is 2.71. The van der Waals surface area contributed by atoms with Crippen molar-refractivity contribution < 1.29 is 24.0 Å². The van der Waals surface area contributed by atoms with Crippen molar-refractivity contribution in [1.29, 1.82) is 0 Å². The third-order valence-corrected chi connectivity index (χ3v) is 4.70. The van der Waals surface area contributed by atoms with Gasteiger partial charge in [-0.3, -0.25) is 20.2 Å². The second-order valence-corrected chi connectivity index (χ2v) is 7.57. The lowest BCUT2D eigenvalue weighted by atomic mass is 10.1. The van der Waals surface area contributed by atoms with E-state index < -0.39 is 29.4 Å². The first-order valence-electron chi connectivity index (χ1n) is 10.1. The van der Waals surface area contributed by atoms with Crippen molar-refractivity contribution >= 4 is 29.3 Å². The van der Waals surface area contributed by atoms with Gasteiger partial charge in [0.25, 0.3) is 11.6 Å². The van der Waals surface area contributed by atoms with Gasteiger partial charge in [-0.1, -0.05) is 13.8 Å². The van der Waals surface area contributed by atoms with Crippen LogP contribution < -0.4 is 15.5 Å². The first kappa shape index (κ1) is 23.1. The van der Waals surface area contributed by atoms with Crippen LogP contribution in [0.3, 0.4) is 0 Å². The molecule has 0 atom stereocenters. The molecule has 3 amide bonds. The Bertz CT molecular complexity index is 790. The number of imide groups is 1. The first-order chi connectivity index (χ1) is 14.3. The van der Waals surface area contributed by atoms with Crippen molar-refractivity contribution in [2.75, 3.05) is 31.1 Å². The van der Waals surface area contributed by atoms with E-state index in [0.717, 1.165) is 44.8 Å². The van der Waals surface area contributed by atoms with Gasteiger partial charge in [0.15, 0.2) is 6.61 Å². The van der Waals surface area contributed by atoms with E-state index in [1.54, 1.807) is 0 Å². The Morgan fingerprint density at radius 3 is 2.53 bits per heavy atom. The van der Waals surface area contributed by atoms with E-state index in [2.05, 4.69) is 10.6 Å². The number of ether oxygens (including phenoxy) is 1. The van der Waals surface area contributed by atoms with E-state index in [9.17, 15) is 24.5 Å². The number of carbonyl (C=O) groups excluding carboxylic acids is 3. The minimum absolute atomic E-state index is 0.0309. The van der Waals surface area contributed by atoms with E-state index in [0.29, 0.717) is 18.2 Å². The molecule has 10 nitrogen and oxygen atoms in total. The van der Waals surface area contributed by atoms with Crippen molar-refractivity contribution in [3.05, 3.63) is 33.9 Å². The summed E-state index contributed by atoms with van der Waals surface area (Å²) in [6, 6.07) is 3.46. The van der Waals surface area contributed by atoms with Crippen molar-refractivity contribution in [3.63, 3.8) is 0 Å². The first-order valence-corrected chi connectivity index (χ1v) is 10.1. The molecular weight excluding hydrogens is 392 g/mol. The molecule has 1 aliphatic rings. The Balaban J connectivity index is 1.91. The number of esters is 1. The van der Waals surface area contributed by atoms with Gasteiger partial charge in [0.05, 0.1) is 10.5 Å². The average molecular weight is 420 g/mol. The van der Waals surface area contributed by atoms with Gasteiger partial charge in [0.2, 0.25) is 0 Å². The fourth-order valence-electron chi connectivity index (χ4n) is 3.09. The molecule has 0 unspecified atom stereocenters. The molecule has 0 aromatic heterocycles. The minimum Gasteiger partial charge on any atom is -0.452 e. The largest absolute Gasteiger partial charge is 0.452 e. The fraction of sp³-hybridized carbons (Fsp3) is 0.550. The molecule has 1 aromatic rings. The summed E-state index contributed by atoms with van der Waals surface area (Å²) >= 11 is 0. The van der Waals surface area contributed by atoms with Crippen LogP contribution in [0.1, 0.15) is 49.9 Å². The van der Waals surface area contributed by atoms with Crippen LogP contribution in [-0.2, 0) is 9.53 Å². The molecule has 1 heterocycles. The quantitative estimate of drug-likeness (QED) is 0.375. The van der Waals surface area contributed by atoms with Gasteiger partial charge >= 0.3 is 12.0 Å². The number of nitro groups is 1. The second-order valence-electron chi connectivity index (χ2n) is 7.57. The molecule has 1 saturated heterocycles. The van der Waals surface area contributed by atoms with Crippen LogP contribution in [0, 0.1) is 16.0 Å². The van der Waals surface area contributed by atoms with Crippen LogP contribution in [0.15, 0.2) is 18.2 Å². The van der Waals surface area contributed by atoms with E-state index in [-0.39, 0.29) is 11.3 Å². The highest BCUT2D eigenvalue weighted by molar-refractivity contribution is 5.97. The van der Waals surface area contributed by atoms with Gasteiger partial charge in [0.1, 0.15) is 5.69 Å².